The Morgan fingerprint density at radius 3 is 2.39 bits per heavy atom. The van der Waals surface area contributed by atoms with Crippen LogP contribution in [0.5, 0.6) is 11.5 Å². The third-order valence-corrected chi connectivity index (χ3v) is 6.02. The van der Waals surface area contributed by atoms with E-state index < -0.39 is 37.1 Å². The highest BCUT2D eigenvalue weighted by Gasteiger charge is 2.45. The van der Waals surface area contributed by atoms with Crippen molar-refractivity contribution in [3.8, 4) is 11.5 Å². The number of ether oxygens (including phenoxy) is 2. The average Bonchev–Trinajstić information content (AvgIpc) is 3.32. The summed E-state index contributed by atoms with van der Waals surface area (Å²) in [6, 6.07) is 21.2. The standard InChI is InChI=1S/C26H25N3O7/c30-13-20-21(31)22(32)23(33)24(36-20)25-28-18-11-6-14(12-19(18)29-25)26(34)27-15-7-9-17(10-8-15)35-16-4-2-1-3-5-16/h1-12,20-24,30-33H,13H2,(H,27,34)(H,28,29)/t20-,21+,22+,23-,24-/m1/s1. The van der Waals surface area contributed by atoms with Gasteiger partial charge in [0, 0.05) is 11.3 Å². The van der Waals surface area contributed by atoms with E-state index in [0.29, 0.717) is 33.8 Å². The number of para-hydroxylation sites is 1. The Balaban J connectivity index is 1.29. The number of fused-ring (bicyclic) bond motifs is 1. The predicted molar refractivity (Wildman–Crippen MR) is 130 cm³/mol. The van der Waals surface area contributed by atoms with E-state index in [4.69, 9.17) is 9.47 Å². The van der Waals surface area contributed by atoms with Crippen LogP contribution in [0.25, 0.3) is 11.0 Å². The van der Waals surface area contributed by atoms with Crippen LogP contribution >= 0.6 is 0 Å². The largest absolute Gasteiger partial charge is 0.457 e. The lowest BCUT2D eigenvalue weighted by molar-refractivity contribution is -0.233. The summed E-state index contributed by atoms with van der Waals surface area (Å²) in [7, 11) is 0. The van der Waals surface area contributed by atoms with E-state index >= 15 is 0 Å². The first-order chi connectivity index (χ1) is 17.4. The van der Waals surface area contributed by atoms with Gasteiger partial charge in [-0.1, -0.05) is 18.2 Å². The minimum atomic E-state index is -1.51. The number of H-pyrrole nitrogens is 1. The Morgan fingerprint density at radius 2 is 1.67 bits per heavy atom. The van der Waals surface area contributed by atoms with E-state index in [2.05, 4.69) is 15.3 Å². The maximum absolute atomic E-state index is 12.8. The highest BCUT2D eigenvalue weighted by molar-refractivity contribution is 6.05. The number of aromatic nitrogens is 2. The van der Waals surface area contributed by atoms with Crippen LogP contribution in [0.3, 0.4) is 0 Å². The second-order valence-electron chi connectivity index (χ2n) is 8.50. The van der Waals surface area contributed by atoms with Gasteiger partial charge < -0.3 is 40.2 Å². The van der Waals surface area contributed by atoms with Gasteiger partial charge in [-0.3, -0.25) is 4.79 Å². The topological polar surface area (TPSA) is 157 Å². The second kappa shape index (κ2) is 10.1. The van der Waals surface area contributed by atoms with Crippen LogP contribution in [0.2, 0.25) is 0 Å². The van der Waals surface area contributed by atoms with Gasteiger partial charge in [0.2, 0.25) is 0 Å². The van der Waals surface area contributed by atoms with Gasteiger partial charge in [0.05, 0.1) is 17.6 Å². The zero-order chi connectivity index (χ0) is 25.2. The molecule has 36 heavy (non-hydrogen) atoms. The molecule has 1 amide bonds. The normalized spacial score (nSPS) is 23.9. The van der Waals surface area contributed by atoms with Crippen LogP contribution in [0, 0.1) is 0 Å². The lowest BCUT2D eigenvalue weighted by atomic mass is 9.95. The summed E-state index contributed by atoms with van der Waals surface area (Å²) < 4.78 is 11.3. The number of carbonyl (C=O) groups excluding carboxylic acids is 1. The number of imidazole rings is 1. The number of hydrogen-bond donors (Lipinski definition) is 6. The quantitative estimate of drug-likeness (QED) is 0.239. The van der Waals surface area contributed by atoms with Crippen LogP contribution in [0.4, 0.5) is 5.69 Å². The van der Waals surface area contributed by atoms with Gasteiger partial charge in [-0.05, 0) is 54.6 Å². The molecule has 1 aromatic heterocycles. The first-order valence-electron chi connectivity index (χ1n) is 11.4. The first kappa shape index (κ1) is 23.9. The number of aliphatic hydroxyl groups is 4. The van der Waals surface area contributed by atoms with Gasteiger partial charge in [-0.25, -0.2) is 4.98 Å². The summed E-state index contributed by atoms with van der Waals surface area (Å²) in [4.78, 5) is 20.2. The van der Waals surface area contributed by atoms with Gasteiger partial charge in [0.15, 0.2) is 0 Å². The van der Waals surface area contributed by atoms with Gasteiger partial charge in [-0.15, -0.1) is 0 Å². The van der Waals surface area contributed by atoms with Crippen molar-refractivity contribution in [1.82, 2.24) is 9.97 Å². The van der Waals surface area contributed by atoms with Crippen LogP contribution in [0.1, 0.15) is 22.3 Å². The molecule has 0 spiro atoms. The van der Waals surface area contributed by atoms with Crippen LogP contribution in [-0.4, -0.2) is 67.3 Å². The molecule has 1 aliphatic heterocycles. The van der Waals surface area contributed by atoms with Crippen molar-refractivity contribution in [2.45, 2.75) is 30.5 Å². The monoisotopic (exact) mass is 491 g/mol. The second-order valence-corrected chi connectivity index (χ2v) is 8.50. The summed E-state index contributed by atoms with van der Waals surface area (Å²) in [6.45, 7) is -0.536. The van der Waals surface area contributed by atoms with E-state index in [1.807, 2.05) is 30.3 Å². The number of benzene rings is 3. The number of amides is 1. The molecule has 6 N–H and O–H groups in total. The first-order valence-corrected chi connectivity index (χ1v) is 11.4. The molecule has 0 radical (unpaired) electrons. The molecule has 10 heteroatoms. The van der Waals surface area contributed by atoms with Crippen molar-refractivity contribution in [2.24, 2.45) is 0 Å². The number of anilines is 1. The van der Waals surface area contributed by atoms with E-state index in [-0.39, 0.29) is 11.7 Å². The maximum atomic E-state index is 12.8. The highest BCUT2D eigenvalue weighted by Crippen LogP contribution is 2.32. The molecule has 10 nitrogen and oxygen atoms in total. The summed E-state index contributed by atoms with van der Waals surface area (Å²) in [5, 5.41) is 42.6. The van der Waals surface area contributed by atoms with E-state index in [9.17, 15) is 25.2 Å². The van der Waals surface area contributed by atoms with Gasteiger partial charge in [-0.2, -0.15) is 0 Å². The molecule has 0 unspecified atom stereocenters. The summed E-state index contributed by atoms with van der Waals surface area (Å²) in [5.41, 5.74) is 1.99. The van der Waals surface area contributed by atoms with Crippen molar-refractivity contribution in [1.29, 1.82) is 0 Å². The highest BCUT2D eigenvalue weighted by atomic mass is 16.5. The fourth-order valence-corrected chi connectivity index (χ4v) is 4.07. The minimum Gasteiger partial charge on any atom is -0.457 e. The molecule has 3 aromatic carbocycles. The number of rotatable bonds is 6. The van der Waals surface area contributed by atoms with Gasteiger partial charge in [0.25, 0.3) is 5.91 Å². The molecular weight excluding hydrogens is 466 g/mol. The van der Waals surface area contributed by atoms with E-state index in [1.54, 1.807) is 42.5 Å². The molecule has 1 aliphatic rings. The number of nitrogens with one attached hydrogen (secondary N) is 2. The van der Waals surface area contributed by atoms with Crippen molar-refractivity contribution >= 4 is 22.6 Å². The van der Waals surface area contributed by atoms with Crippen LogP contribution in [0.15, 0.2) is 72.8 Å². The van der Waals surface area contributed by atoms with Gasteiger partial charge >= 0.3 is 0 Å². The third kappa shape index (κ3) is 4.81. The van der Waals surface area contributed by atoms with Gasteiger partial charge in [0.1, 0.15) is 47.8 Å². The fraction of sp³-hybridized carbons (Fsp3) is 0.231. The number of carbonyl (C=O) groups is 1. The zero-order valence-corrected chi connectivity index (χ0v) is 19.0. The summed E-state index contributed by atoms with van der Waals surface area (Å²) >= 11 is 0. The maximum Gasteiger partial charge on any atom is 0.255 e. The Bertz CT molecular complexity index is 1340. The Morgan fingerprint density at radius 1 is 0.944 bits per heavy atom. The SMILES string of the molecule is O=C(Nc1ccc(Oc2ccccc2)cc1)c1ccc2nc([C@@H]3O[C@H](CO)[C@H](O)[C@H](O)[C@H]3O)[nH]c2c1. The number of aliphatic hydroxyl groups excluding tert-OH is 4. The van der Waals surface area contributed by atoms with Crippen LogP contribution in [-0.2, 0) is 4.74 Å². The number of nitrogens with zero attached hydrogens (tertiary/aromatic N) is 1. The van der Waals surface area contributed by atoms with E-state index in [1.165, 1.54) is 0 Å². The fourth-order valence-electron chi connectivity index (χ4n) is 4.07. The Hall–Kier alpha value is -3.80. The molecule has 0 saturated carbocycles. The molecule has 5 rings (SSSR count). The molecular formula is C26H25N3O7. The Labute approximate surface area is 205 Å². The molecule has 0 aliphatic carbocycles. The van der Waals surface area contributed by atoms with Crippen molar-refractivity contribution in [3.63, 3.8) is 0 Å². The molecule has 2 heterocycles. The minimum absolute atomic E-state index is 0.202. The molecule has 186 valence electrons. The van der Waals surface area contributed by atoms with Crippen molar-refractivity contribution < 1.29 is 34.7 Å². The lowest BCUT2D eigenvalue weighted by Crippen LogP contribution is -2.55. The number of hydrogen-bond acceptors (Lipinski definition) is 8. The summed E-state index contributed by atoms with van der Waals surface area (Å²) in [6.07, 6.45) is -6.57. The van der Waals surface area contributed by atoms with Crippen molar-refractivity contribution in [3.05, 3.63) is 84.2 Å². The number of aromatic amines is 1. The molecule has 5 atom stereocenters. The lowest BCUT2D eigenvalue weighted by Gasteiger charge is -2.39. The summed E-state index contributed by atoms with van der Waals surface area (Å²) in [5.74, 6) is 1.22. The molecule has 1 fully saturated rings. The molecule has 0 bridgehead atoms. The smallest absolute Gasteiger partial charge is 0.255 e. The zero-order valence-electron chi connectivity index (χ0n) is 19.0. The van der Waals surface area contributed by atoms with E-state index in [0.717, 1.165) is 0 Å². The van der Waals surface area contributed by atoms with Crippen molar-refractivity contribution in [2.75, 3.05) is 11.9 Å². The molecule has 1 saturated heterocycles. The van der Waals surface area contributed by atoms with Crippen LogP contribution < -0.4 is 10.1 Å². The Kier molecular flexibility index (Phi) is 6.68. The average molecular weight is 492 g/mol. The third-order valence-electron chi connectivity index (χ3n) is 6.02. The molecule has 4 aromatic rings. The predicted octanol–water partition coefficient (Wildman–Crippen LogP) is 2.12.